The summed E-state index contributed by atoms with van der Waals surface area (Å²) in [7, 11) is 0. The van der Waals surface area contributed by atoms with Crippen LogP contribution in [0, 0.1) is 17.2 Å². The molecule has 0 aliphatic heterocycles. The third-order valence-electron chi connectivity index (χ3n) is 3.79. The van der Waals surface area contributed by atoms with Gasteiger partial charge in [0.2, 0.25) is 0 Å². The van der Waals surface area contributed by atoms with Crippen molar-refractivity contribution in [2.75, 3.05) is 0 Å². The number of carbonyl (C=O) groups excluding carboxylic acids is 1. The van der Waals surface area contributed by atoms with Crippen LogP contribution in [0.25, 0.3) is 0 Å². The monoisotopic (exact) mass is 235 g/mol. The van der Waals surface area contributed by atoms with Gasteiger partial charge in [-0.25, -0.2) is 0 Å². The number of nitriles is 1. The van der Waals surface area contributed by atoms with Gasteiger partial charge in [-0.3, -0.25) is 4.79 Å². The molecule has 1 aliphatic rings. The Hall–Kier alpha value is -0.840. The van der Waals surface area contributed by atoms with Gasteiger partial charge < -0.3 is 0 Å². The molecule has 96 valence electrons. The molecular weight excluding hydrogens is 210 g/mol. The van der Waals surface area contributed by atoms with Gasteiger partial charge in [0, 0.05) is 18.8 Å². The van der Waals surface area contributed by atoms with Gasteiger partial charge in [0.15, 0.2) is 0 Å². The highest BCUT2D eigenvalue weighted by Gasteiger charge is 2.17. The van der Waals surface area contributed by atoms with Crippen LogP contribution in [0.1, 0.15) is 77.0 Å². The van der Waals surface area contributed by atoms with E-state index in [0.29, 0.717) is 12.2 Å². The van der Waals surface area contributed by atoms with E-state index in [2.05, 4.69) is 6.07 Å². The molecule has 1 fully saturated rings. The molecule has 0 amide bonds. The van der Waals surface area contributed by atoms with Crippen molar-refractivity contribution in [3.63, 3.8) is 0 Å². The van der Waals surface area contributed by atoms with E-state index in [1.165, 1.54) is 44.9 Å². The average molecular weight is 235 g/mol. The van der Waals surface area contributed by atoms with E-state index >= 15 is 0 Å². The fourth-order valence-electron chi connectivity index (χ4n) is 2.66. The van der Waals surface area contributed by atoms with Crippen LogP contribution in [-0.2, 0) is 4.79 Å². The first-order valence-corrected chi connectivity index (χ1v) is 7.24. The Labute approximate surface area is 105 Å². The molecule has 1 saturated carbocycles. The lowest BCUT2D eigenvalue weighted by Gasteiger charge is -2.15. The van der Waals surface area contributed by atoms with Gasteiger partial charge >= 0.3 is 0 Å². The predicted octanol–water partition coefficient (Wildman–Crippen LogP) is 4.39. The number of Topliss-reactive ketones (excluding diaryl/α,β-unsaturated/α-hetero) is 1. The van der Waals surface area contributed by atoms with Gasteiger partial charge in [0.1, 0.15) is 5.78 Å². The van der Waals surface area contributed by atoms with Gasteiger partial charge in [0.25, 0.3) is 0 Å². The van der Waals surface area contributed by atoms with Crippen LogP contribution in [0.4, 0.5) is 0 Å². The number of hydrogen-bond acceptors (Lipinski definition) is 2. The molecular formula is C15H25NO. The smallest absolute Gasteiger partial charge is 0.136 e. The zero-order valence-corrected chi connectivity index (χ0v) is 10.9. The van der Waals surface area contributed by atoms with Crippen molar-refractivity contribution in [3.8, 4) is 6.07 Å². The second-order valence-corrected chi connectivity index (χ2v) is 5.23. The van der Waals surface area contributed by atoms with Crippen molar-refractivity contribution in [2.45, 2.75) is 77.0 Å². The van der Waals surface area contributed by atoms with Crippen LogP contribution >= 0.6 is 0 Å². The Morgan fingerprint density at radius 2 is 1.59 bits per heavy atom. The molecule has 0 N–H and O–H groups in total. The highest BCUT2D eigenvalue weighted by Crippen LogP contribution is 2.21. The fourth-order valence-corrected chi connectivity index (χ4v) is 2.66. The first-order chi connectivity index (χ1) is 8.34. The zero-order valence-electron chi connectivity index (χ0n) is 10.9. The molecule has 1 unspecified atom stereocenters. The number of hydrogen-bond donors (Lipinski definition) is 0. The van der Waals surface area contributed by atoms with E-state index in [0.717, 1.165) is 25.7 Å². The van der Waals surface area contributed by atoms with Crippen molar-refractivity contribution in [2.24, 2.45) is 5.92 Å². The molecule has 0 aromatic carbocycles. The van der Waals surface area contributed by atoms with E-state index in [1.54, 1.807) is 0 Å². The van der Waals surface area contributed by atoms with Gasteiger partial charge in [-0.15, -0.1) is 0 Å². The first-order valence-electron chi connectivity index (χ1n) is 7.24. The SMILES string of the molecule is N#CCCC1CCCCCCCCCCC1=O. The van der Waals surface area contributed by atoms with E-state index in [-0.39, 0.29) is 5.92 Å². The minimum Gasteiger partial charge on any atom is -0.299 e. The topological polar surface area (TPSA) is 40.9 Å². The lowest BCUT2D eigenvalue weighted by atomic mass is 9.89. The fraction of sp³-hybridized carbons (Fsp3) is 0.867. The lowest BCUT2D eigenvalue weighted by molar-refractivity contribution is -0.123. The Balaban J connectivity index is 2.39. The van der Waals surface area contributed by atoms with Gasteiger partial charge in [-0.2, -0.15) is 5.26 Å². The van der Waals surface area contributed by atoms with E-state index in [4.69, 9.17) is 5.26 Å². The maximum Gasteiger partial charge on any atom is 0.136 e. The van der Waals surface area contributed by atoms with Crippen molar-refractivity contribution < 1.29 is 4.79 Å². The van der Waals surface area contributed by atoms with E-state index in [1.807, 2.05) is 0 Å². The van der Waals surface area contributed by atoms with Crippen molar-refractivity contribution >= 4 is 5.78 Å². The van der Waals surface area contributed by atoms with Gasteiger partial charge in [0.05, 0.1) is 6.07 Å². The van der Waals surface area contributed by atoms with Crippen LogP contribution in [0.3, 0.4) is 0 Å². The van der Waals surface area contributed by atoms with Crippen LogP contribution in [0.15, 0.2) is 0 Å². The maximum absolute atomic E-state index is 12.0. The zero-order chi connectivity index (χ0) is 12.3. The van der Waals surface area contributed by atoms with Crippen LogP contribution in [0.2, 0.25) is 0 Å². The molecule has 0 heterocycles. The Kier molecular flexibility index (Phi) is 7.71. The van der Waals surface area contributed by atoms with Crippen LogP contribution in [0.5, 0.6) is 0 Å². The Morgan fingerprint density at radius 3 is 2.24 bits per heavy atom. The van der Waals surface area contributed by atoms with Crippen molar-refractivity contribution in [3.05, 3.63) is 0 Å². The van der Waals surface area contributed by atoms with Crippen LogP contribution < -0.4 is 0 Å². The summed E-state index contributed by atoms with van der Waals surface area (Å²) in [5, 5.41) is 8.63. The molecule has 2 heteroatoms. The number of rotatable bonds is 2. The quantitative estimate of drug-likeness (QED) is 0.712. The summed E-state index contributed by atoms with van der Waals surface area (Å²) in [6.07, 6.45) is 13.1. The largest absolute Gasteiger partial charge is 0.299 e. The predicted molar refractivity (Wildman–Crippen MR) is 69.5 cm³/mol. The third kappa shape index (κ3) is 6.46. The molecule has 0 bridgehead atoms. The molecule has 1 aliphatic carbocycles. The summed E-state index contributed by atoms with van der Waals surface area (Å²) in [4.78, 5) is 12.0. The standard InChI is InChI=1S/C15H25NO/c16-13-9-11-14-10-7-5-3-1-2-4-6-8-12-15(14)17/h14H,1-12H2. The first kappa shape index (κ1) is 14.2. The Bertz CT molecular complexity index is 254. The second-order valence-electron chi connectivity index (χ2n) is 5.23. The molecule has 2 nitrogen and oxygen atoms in total. The molecule has 0 saturated heterocycles. The molecule has 0 radical (unpaired) electrons. The highest BCUT2D eigenvalue weighted by atomic mass is 16.1. The molecule has 1 atom stereocenters. The number of ketones is 1. The van der Waals surface area contributed by atoms with Gasteiger partial charge in [-0.1, -0.05) is 44.9 Å². The molecule has 0 aromatic heterocycles. The molecule has 17 heavy (non-hydrogen) atoms. The van der Waals surface area contributed by atoms with E-state index in [9.17, 15) is 4.79 Å². The minimum absolute atomic E-state index is 0.175. The molecule has 0 aromatic rings. The normalized spacial score (nSPS) is 24.4. The van der Waals surface area contributed by atoms with Gasteiger partial charge in [-0.05, 0) is 19.3 Å². The number of nitrogens with zero attached hydrogens (tertiary/aromatic N) is 1. The Morgan fingerprint density at radius 1 is 1.00 bits per heavy atom. The van der Waals surface area contributed by atoms with Crippen molar-refractivity contribution in [1.29, 1.82) is 5.26 Å². The summed E-state index contributed by atoms with van der Waals surface area (Å²) in [5.41, 5.74) is 0. The summed E-state index contributed by atoms with van der Waals surface area (Å²) in [5.74, 6) is 0.592. The molecule has 1 rings (SSSR count). The van der Waals surface area contributed by atoms with Crippen LogP contribution in [-0.4, -0.2) is 5.78 Å². The van der Waals surface area contributed by atoms with Crippen molar-refractivity contribution in [1.82, 2.24) is 0 Å². The minimum atomic E-state index is 0.175. The van der Waals surface area contributed by atoms with E-state index < -0.39 is 0 Å². The summed E-state index contributed by atoms with van der Waals surface area (Å²) >= 11 is 0. The highest BCUT2D eigenvalue weighted by molar-refractivity contribution is 5.80. The number of carbonyl (C=O) groups is 1. The molecule has 0 spiro atoms. The summed E-state index contributed by atoms with van der Waals surface area (Å²) in [6, 6.07) is 2.17. The summed E-state index contributed by atoms with van der Waals surface area (Å²) in [6.45, 7) is 0. The summed E-state index contributed by atoms with van der Waals surface area (Å²) < 4.78 is 0. The third-order valence-corrected chi connectivity index (χ3v) is 3.79. The average Bonchev–Trinajstić information content (AvgIpc) is 2.33. The second kappa shape index (κ2) is 9.22. The lowest BCUT2D eigenvalue weighted by Crippen LogP contribution is -2.14. The maximum atomic E-state index is 12.0.